The van der Waals surface area contributed by atoms with Crippen molar-refractivity contribution in [1.29, 1.82) is 0 Å². The van der Waals surface area contributed by atoms with E-state index in [4.69, 9.17) is 13.7 Å². The summed E-state index contributed by atoms with van der Waals surface area (Å²) in [7, 11) is -2.60. The van der Waals surface area contributed by atoms with Crippen molar-refractivity contribution >= 4 is 22.2 Å². The minimum atomic E-state index is -3.86. The van der Waals surface area contributed by atoms with Crippen LogP contribution in [0, 0.1) is 12.8 Å². The van der Waals surface area contributed by atoms with Crippen molar-refractivity contribution in [3.05, 3.63) is 29.8 Å². The van der Waals surface area contributed by atoms with Crippen LogP contribution in [0.1, 0.15) is 52.0 Å². The van der Waals surface area contributed by atoms with Crippen molar-refractivity contribution in [2.45, 2.75) is 76.0 Å². The Bertz CT molecular complexity index is 835. The van der Waals surface area contributed by atoms with E-state index in [1.54, 1.807) is 32.9 Å². The molecule has 2 rings (SSSR count). The van der Waals surface area contributed by atoms with Gasteiger partial charge >= 0.3 is 12.1 Å². The molecule has 0 spiro atoms. The fraction of sp³-hybridized carbons (Fsp3) is 0.619. The van der Waals surface area contributed by atoms with Crippen LogP contribution in [-0.2, 0) is 28.6 Å². The van der Waals surface area contributed by atoms with Crippen LogP contribution >= 0.6 is 0 Å². The summed E-state index contributed by atoms with van der Waals surface area (Å²) in [6.45, 7) is 7.08. The Kier molecular flexibility index (Phi) is 7.87. The van der Waals surface area contributed by atoms with Crippen LogP contribution in [0.2, 0.25) is 0 Å². The zero-order valence-corrected chi connectivity index (χ0v) is 19.0. The highest BCUT2D eigenvalue weighted by molar-refractivity contribution is 7.86. The number of benzene rings is 1. The van der Waals surface area contributed by atoms with E-state index in [0.717, 1.165) is 5.56 Å². The minimum absolute atomic E-state index is 0.120. The maximum Gasteiger partial charge on any atom is 0.408 e. The maximum absolute atomic E-state index is 12.5. The van der Waals surface area contributed by atoms with Crippen LogP contribution < -0.4 is 5.32 Å². The molecule has 0 aromatic heterocycles. The van der Waals surface area contributed by atoms with E-state index >= 15 is 0 Å². The summed E-state index contributed by atoms with van der Waals surface area (Å²) in [5.41, 5.74) is 0.265. The van der Waals surface area contributed by atoms with Gasteiger partial charge in [0.2, 0.25) is 0 Å². The molecule has 1 N–H and O–H groups in total. The third-order valence-corrected chi connectivity index (χ3v) is 6.27. The number of nitrogens with one attached hydrogen (secondary N) is 1. The average molecular weight is 442 g/mol. The Morgan fingerprint density at radius 3 is 2.13 bits per heavy atom. The van der Waals surface area contributed by atoms with Crippen LogP contribution in [0.25, 0.3) is 0 Å². The quantitative estimate of drug-likeness (QED) is 0.533. The van der Waals surface area contributed by atoms with Gasteiger partial charge in [-0.05, 0) is 71.4 Å². The number of alkyl carbamates (subject to hydrolysis) is 1. The summed E-state index contributed by atoms with van der Waals surface area (Å²) in [6, 6.07) is 5.62. The van der Waals surface area contributed by atoms with Gasteiger partial charge in [-0.2, -0.15) is 8.42 Å². The van der Waals surface area contributed by atoms with Crippen molar-refractivity contribution in [2.24, 2.45) is 5.92 Å². The first-order chi connectivity index (χ1) is 13.9. The third kappa shape index (κ3) is 6.98. The van der Waals surface area contributed by atoms with Crippen LogP contribution in [0.3, 0.4) is 0 Å². The van der Waals surface area contributed by atoms with Gasteiger partial charge in [0.15, 0.2) is 0 Å². The van der Waals surface area contributed by atoms with Crippen molar-refractivity contribution in [3.8, 4) is 0 Å². The van der Waals surface area contributed by atoms with Gasteiger partial charge in [0.05, 0.1) is 18.1 Å². The van der Waals surface area contributed by atoms with Gasteiger partial charge in [0.25, 0.3) is 10.1 Å². The number of carbonyl (C=O) groups excluding carboxylic acids is 2. The van der Waals surface area contributed by atoms with Gasteiger partial charge in [-0.3, -0.25) is 4.18 Å². The Morgan fingerprint density at radius 1 is 1.07 bits per heavy atom. The van der Waals surface area contributed by atoms with E-state index in [9.17, 15) is 18.0 Å². The number of aryl methyl sites for hydroxylation is 1. The van der Waals surface area contributed by atoms with Crippen LogP contribution in [0.4, 0.5) is 4.79 Å². The lowest BCUT2D eigenvalue weighted by molar-refractivity contribution is -0.145. The number of methoxy groups -OCH3 is 1. The zero-order chi connectivity index (χ0) is 22.5. The lowest BCUT2D eigenvalue weighted by Crippen LogP contribution is -2.49. The highest BCUT2D eigenvalue weighted by Gasteiger charge is 2.36. The first kappa shape index (κ1) is 24.1. The molecule has 0 aliphatic heterocycles. The van der Waals surface area contributed by atoms with Gasteiger partial charge in [-0.1, -0.05) is 17.7 Å². The minimum Gasteiger partial charge on any atom is -0.467 e. The molecule has 1 amide bonds. The first-order valence-corrected chi connectivity index (χ1v) is 11.4. The fourth-order valence-corrected chi connectivity index (χ4v) is 4.52. The Labute approximate surface area is 178 Å². The average Bonchev–Trinajstić information content (AvgIpc) is 2.65. The summed E-state index contributed by atoms with van der Waals surface area (Å²) >= 11 is 0. The van der Waals surface area contributed by atoms with Crippen LogP contribution in [0.5, 0.6) is 0 Å². The number of hydrogen-bond donors (Lipinski definition) is 1. The van der Waals surface area contributed by atoms with E-state index < -0.39 is 39.9 Å². The number of carbonyl (C=O) groups is 2. The topological polar surface area (TPSA) is 108 Å². The predicted octanol–water partition coefficient (Wildman–Crippen LogP) is 3.33. The molecule has 168 valence electrons. The molecule has 1 aromatic rings. The number of amides is 1. The summed E-state index contributed by atoms with van der Waals surface area (Å²) in [6.07, 6.45) is 0.719. The van der Waals surface area contributed by atoms with Crippen molar-refractivity contribution < 1.29 is 31.7 Å². The number of esters is 1. The maximum atomic E-state index is 12.5. The van der Waals surface area contributed by atoms with Gasteiger partial charge in [-0.15, -0.1) is 0 Å². The molecule has 1 unspecified atom stereocenters. The molecule has 1 saturated carbocycles. The smallest absolute Gasteiger partial charge is 0.408 e. The first-order valence-electron chi connectivity index (χ1n) is 9.98. The van der Waals surface area contributed by atoms with Gasteiger partial charge < -0.3 is 14.8 Å². The number of ether oxygens (including phenoxy) is 2. The van der Waals surface area contributed by atoms with E-state index in [1.165, 1.54) is 19.2 Å². The molecule has 9 heteroatoms. The second kappa shape index (κ2) is 9.78. The molecule has 1 atom stereocenters. The monoisotopic (exact) mass is 441 g/mol. The van der Waals surface area contributed by atoms with Crippen molar-refractivity contribution in [2.75, 3.05) is 7.11 Å². The zero-order valence-electron chi connectivity index (χ0n) is 18.1. The summed E-state index contributed by atoms with van der Waals surface area (Å²) in [5, 5.41) is 2.59. The second-order valence-corrected chi connectivity index (χ2v) is 10.1. The molecule has 30 heavy (non-hydrogen) atoms. The third-order valence-electron chi connectivity index (χ3n) is 4.89. The molecule has 0 saturated heterocycles. The van der Waals surface area contributed by atoms with E-state index in [2.05, 4.69) is 5.32 Å². The summed E-state index contributed by atoms with van der Waals surface area (Å²) in [4.78, 5) is 24.5. The van der Waals surface area contributed by atoms with Gasteiger partial charge in [0, 0.05) is 0 Å². The molecule has 1 aromatic carbocycles. The molecular weight excluding hydrogens is 410 g/mol. The highest BCUT2D eigenvalue weighted by Crippen LogP contribution is 2.31. The Hall–Kier alpha value is -2.13. The molecule has 0 bridgehead atoms. The van der Waals surface area contributed by atoms with Crippen molar-refractivity contribution in [3.63, 3.8) is 0 Å². The van der Waals surface area contributed by atoms with E-state index in [-0.39, 0.29) is 10.8 Å². The standard InChI is InChI=1S/C21H31NO7S/c1-14-6-12-17(13-7-14)30(25,26)29-16-10-8-15(9-11-16)18(19(23)27-5)22-20(24)28-21(2,3)4/h6-7,12-13,15-16,18H,8-11H2,1-5H3,(H,22,24). The van der Waals surface area contributed by atoms with Crippen LogP contribution in [0.15, 0.2) is 29.2 Å². The Balaban J connectivity index is 1.98. The van der Waals surface area contributed by atoms with E-state index in [1.807, 2.05) is 6.92 Å². The lowest BCUT2D eigenvalue weighted by atomic mass is 9.82. The molecule has 0 heterocycles. The molecule has 1 fully saturated rings. The fourth-order valence-electron chi connectivity index (χ4n) is 3.39. The van der Waals surface area contributed by atoms with Crippen LogP contribution in [-0.4, -0.2) is 45.3 Å². The number of rotatable bonds is 6. The van der Waals surface area contributed by atoms with Gasteiger partial charge in [0.1, 0.15) is 11.6 Å². The highest BCUT2D eigenvalue weighted by atomic mass is 32.2. The van der Waals surface area contributed by atoms with Gasteiger partial charge in [-0.25, -0.2) is 9.59 Å². The molecule has 1 aliphatic carbocycles. The lowest BCUT2D eigenvalue weighted by Gasteiger charge is -2.32. The molecule has 8 nitrogen and oxygen atoms in total. The van der Waals surface area contributed by atoms with Crippen molar-refractivity contribution in [1.82, 2.24) is 5.32 Å². The Morgan fingerprint density at radius 2 is 1.63 bits per heavy atom. The SMILES string of the molecule is COC(=O)C(NC(=O)OC(C)(C)C)C1CCC(OS(=O)(=O)c2ccc(C)cc2)CC1. The summed E-state index contributed by atoms with van der Waals surface area (Å²) in [5.74, 6) is -0.760. The molecule has 1 aliphatic rings. The molecule has 0 radical (unpaired) electrons. The normalized spacial score (nSPS) is 20.8. The van der Waals surface area contributed by atoms with E-state index in [0.29, 0.717) is 25.7 Å². The summed E-state index contributed by atoms with van der Waals surface area (Å²) < 4.78 is 40.5. The molecular formula is C21H31NO7S. The number of hydrogen-bond acceptors (Lipinski definition) is 7. The second-order valence-electron chi connectivity index (χ2n) is 8.55. The predicted molar refractivity (Wildman–Crippen MR) is 110 cm³/mol. The largest absolute Gasteiger partial charge is 0.467 e.